The Kier molecular flexibility index (Phi) is 4.01. The van der Waals surface area contributed by atoms with Gasteiger partial charge < -0.3 is 0 Å². The van der Waals surface area contributed by atoms with Gasteiger partial charge in [-0.3, -0.25) is 19.7 Å². The topological polar surface area (TPSA) is 63.2 Å². The van der Waals surface area contributed by atoms with Crippen LogP contribution in [-0.4, -0.2) is 17.6 Å². The van der Waals surface area contributed by atoms with Crippen molar-refractivity contribution in [3.63, 3.8) is 0 Å². The number of nitrogens with one attached hydrogen (secondary N) is 1. The van der Waals surface area contributed by atoms with E-state index in [2.05, 4.69) is 46.0 Å². The molecule has 4 nitrogen and oxygen atoms in total. The Labute approximate surface area is 179 Å². The Bertz CT molecular complexity index is 927. The number of amides is 2. The highest BCUT2D eigenvalue weighted by molar-refractivity contribution is 6.16. The monoisotopic (exact) mass is 409 g/mol. The zero-order chi connectivity index (χ0) is 21.7. The van der Waals surface area contributed by atoms with Crippen molar-refractivity contribution in [1.29, 1.82) is 0 Å². The summed E-state index contributed by atoms with van der Waals surface area (Å²) >= 11 is 0. The largest absolute Gasteiger partial charge is 0.299 e. The third kappa shape index (κ3) is 2.26. The zero-order valence-corrected chi connectivity index (χ0v) is 19.1. The number of carbonyl (C=O) groups is 3. The average Bonchev–Trinajstić information content (AvgIpc) is 3.14. The van der Waals surface area contributed by atoms with Crippen LogP contribution in [0.4, 0.5) is 0 Å². The maximum absolute atomic E-state index is 12.7. The van der Waals surface area contributed by atoms with E-state index in [1.54, 1.807) is 11.6 Å². The van der Waals surface area contributed by atoms with Crippen LogP contribution in [-0.2, 0) is 14.4 Å². The van der Waals surface area contributed by atoms with Crippen LogP contribution in [0.15, 0.2) is 23.3 Å². The molecule has 1 aliphatic heterocycles. The van der Waals surface area contributed by atoms with Gasteiger partial charge in [-0.15, -0.1) is 0 Å². The molecule has 3 fully saturated rings. The fourth-order valence-corrected chi connectivity index (χ4v) is 8.69. The van der Waals surface area contributed by atoms with Crippen molar-refractivity contribution in [2.24, 2.45) is 39.4 Å². The highest BCUT2D eigenvalue weighted by Gasteiger charge is 2.65. The molecule has 0 spiro atoms. The van der Waals surface area contributed by atoms with E-state index in [4.69, 9.17) is 0 Å². The number of fused-ring (bicyclic) bond motifs is 5. The van der Waals surface area contributed by atoms with E-state index >= 15 is 0 Å². The summed E-state index contributed by atoms with van der Waals surface area (Å²) in [4.78, 5) is 37.0. The molecule has 0 aromatic rings. The van der Waals surface area contributed by atoms with Crippen molar-refractivity contribution in [2.75, 3.05) is 0 Å². The van der Waals surface area contributed by atoms with Gasteiger partial charge in [0.1, 0.15) is 5.78 Å². The van der Waals surface area contributed by atoms with E-state index in [0.29, 0.717) is 29.6 Å². The van der Waals surface area contributed by atoms with Crippen molar-refractivity contribution in [3.8, 4) is 0 Å². The fourth-order valence-electron chi connectivity index (χ4n) is 8.69. The Morgan fingerprint density at radius 3 is 2.30 bits per heavy atom. The number of rotatable bonds is 1. The van der Waals surface area contributed by atoms with E-state index in [0.717, 1.165) is 38.5 Å². The number of ketones is 1. The first kappa shape index (κ1) is 20.2. The second-order valence-corrected chi connectivity index (χ2v) is 11.9. The standard InChI is InChI=1S/C26H35NO3/c1-23(2)19-7-6-18-17(24(19,3)11-10-20(23)28)9-13-25(4)16(8-12-26(18,25)5)15-14-21(29)27-22(15)30/h6,14,16-17,19H,7-13H2,1-5H3,(H,27,29,30)/t16?,17?,19?,24-,25+,26-/m1/s1. The number of hydrogen-bond acceptors (Lipinski definition) is 3. The summed E-state index contributed by atoms with van der Waals surface area (Å²) in [5.74, 6) is 1.06. The normalized spacial score (nSPS) is 47.1. The molecule has 4 aliphatic carbocycles. The van der Waals surface area contributed by atoms with Gasteiger partial charge in [0, 0.05) is 23.5 Å². The molecule has 6 atom stereocenters. The molecule has 1 N–H and O–H groups in total. The molecule has 3 saturated carbocycles. The van der Waals surface area contributed by atoms with Gasteiger partial charge in [0.2, 0.25) is 0 Å². The fraction of sp³-hybridized carbons (Fsp3) is 0.731. The summed E-state index contributed by atoms with van der Waals surface area (Å²) in [6, 6.07) is 0. The van der Waals surface area contributed by atoms with Crippen molar-refractivity contribution in [3.05, 3.63) is 23.3 Å². The predicted octanol–water partition coefficient (Wildman–Crippen LogP) is 4.74. The Hall–Kier alpha value is -1.71. The number of imide groups is 1. The minimum absolute atomic E-state index is 0.00761. The lowest BCUT2D eigenvalue weighted by Crippen LogP contribution is -2.57. The van der Waals surface area contributed by atoms with Crippen LogP contribution >= 0.6 is 0 Å². The first-order chi connectivity index (χ1) is 13.9. The first-order valence-corrected chi connectivity index (χ1v) is 11.8. The SMILES string of the molecule is CC1(C)C(=O)CC[C@]2(C)C3CC[C@@]4(C)C(C5=CC(=O)NC5=O)CC[C@]4(C)C3=CCC12. The minimum atomic E-state index is -0.262. The molecule has 4 heteroatoms. The highest BCUT2D eigenvalue weighted by atomic mass is 16.2. The minimum Gasteiger partial charge on any atom is -0.299 e. The molecule has 0 aromatic carbocycles. The maximum atomic E-state index is 12.7. The lowest BCUT2D eigenvalue weighted by Gasteiger charge is -2.63. The van der Waals surface area contributed by atoms with Crippen LogP contribution in [0.25, 0.3) is 0 Å². The van der Waals surface area contributed by atoms with Gasteiger partial charge in [0.05, 0.1) is 0 Å². The van der Waals surface area contributed by atoms with Gasteiger partial charge in [-0.1, -0.05) is 46.3 Å². The summed E-state index contributed by atoms with van der Waals surface area (Å²) in [5.41, 5.74) is 2.26. The predicted molar refractivity (Wildman–Crippen MR) is 115 cm³/mol. The van der Waals surface area contributed by atoms with Gasteiger partial charge in [-0.05, 0) is 72.5 Å². The van der Waals surface area contributed by atoms with E-state index < -0.39 is 0 Å². The van der Waals surface area contributed by atoms with Crippen LogP contribution < -0.4 is 5.32 Å². The van der Waals surface area contributed by atoms with Crippen LogP contribution in [0.1, 0.15) is 79.6 Å². The Balaban J connectivity index is 1.55. The molecular weight excluding hydrogens is 374 g/mol. The van der Waals surface area contributed by atoms with E-state index in [-0.39, 0.29) is 39.4 Å². The molecule has 0 aromatic heterocycles. The van der Waals surface area contributed by atoms with Crippen LogP contribution in [0.3, 0.4) is 0 Å². The van der Waals surface area contributed by atoms with Gasteiger partial charge in [-0.25, -0.2) is 0 Å². The molecule has 2 amide bonds. The molecule has 3 unspecified atom stereocenters. The summed E-state index contributed by atoms with van der Waals surface area (Å²) in [6.45, 7) is 11.6. The molecule has 30 heavy (non-hydrogen) atoms. The van der Waals surface area contributed by atoms with Crippen LogP contribution in [0.5, 0.6) is 0 Å². The summed E-state index contributed by atoms with van der Waals surface area (Å²) in [6.07, 6.45) is 11.0. The third-order valence-corrected chi connectivity index (χ3v) is 10.7. The van der Waals surface area contributed by atoms with Gasteiger partial charge >= 0.3 is 0 Å². The van der Waals surface area contributed by atoms with Gasteiger partial charge in [0.25, 0.3) is 11.8 Å². The molecule has 0 radical (unpaired) electrons. The van der Waals surface area contributed by atoms with Crippen molar-refractivity contribution in [1.82, 2.24) is 5.32 Å². The lowest BCUT2D eigenvalue weighted by molar-refractivity contribution is -0.145. The summed E-state index contributed by atoms with van der Waals surface area (Å²) in [7, 11) is 0. The Morgan fingerprint density at radius 2 is 1.63 bits per heavy atom. The van der Waals surface area contributed by atoms with Gasteiger partial charge in [0.15, 0.2) is 0 Å². The highest BCUT2D eigenvalue weighted by Crippen LogP contribution is 2.73. The number of Topliss-reactive ketones (excluding diaryl/α,β-unsaturated/α-hetero) is 1. The maximum Gasteiger partial charge on any atom is 0.254 e. The van der Waals surface area contributed by atoms with Crippen molar-refractivity contribution in [2.45, 2.75) is 79.6 Å². The summed E-state index contributed by atoms with van der Waals surface area (Å²) < 4.78 is 0. The lowest BCUT2D eigenvalue weighted by atomic mass is 9.41. The second-order valence-electron chi connectivity index (χ2n) is 11.9. The molecule has 162 valence electrons. The number of carbonyl (C=O) groups excluding carboxylic acids is 3. The van der Waals surface area contributed by atoms with Gasteiger partial charge in [-0.2, -0.15) is 0 Å². The van der Waals surface area contributed by atoms with E-state index in [9.17, 15) is 14.4 Å². The smallest absolute Gasteiger partial charge is 0.254 e. The molecule has 5 rings (SSSR count). The summed E-state index contributed by atoms with van der Waals surface area (Å²) in [5, 5.41) is 2.46. The third-order valence-electron chi connectivity index (χ3n) is 10.7. The van der Waals surface area contributed by atoms with Crippen molar-refractivity contribution >= 4 is 17.6 Å². The number of allylic oxidation sites excluding steroid dienone is 2. The van der Waals surface area contributed by atoms with Crippen LogP contribution in [0.2, 0.25) is 0 Å². The molecule has 0 bridgehead atoms. The Morgan fingerprint density at radius 1 is 0.933 bits per heavy atom. The van der Waals surface area contributed by atoms with E-state index in [1.165, 1.54) is 0 Å². The molecule has 0 saturated heterocycles. The van der Waals surface area contributed by atoms with Crippen LogP contribution in [0, 0.1) is 39.4 Å². The number of hydrogen-bond donors (Lipinski definition) is 1. The average molecular weight is 410 g/mol. The van der Waals surface area contributed by atoms with E-state index in [1.807, 2.05) is 0 Å². The molecule has 1 heterocycles. The quantitative estimate of drug-likeness (QED) is 0.502. The second kappa shape index (κ2) is 5.95. The molecule has 5 aliphatic rings. The molecular formula is C26H35NO3. The first-order valence-electron chi connectivity index (χ1n) is 11.8. The van der Waals surface area contributed by atoms with Crippen molar-refractivity contribution < 1.29 is 14.4 Å². The zero-order valence-electron chi connectivity index (χ0n) is 19.1.